The first kappa shape index (κ1) is 15.0. The van der Waals surface area contributed by atoms with Crippen molar-refractivity contribution in [2.75, 3.05) is 6.61 Å². The Balaban J connectivity index is 2.24. The van der Waals surface area contributed by atoms with Crippen LogP contribution in [0.3, 0.4) is 0 Å². The molecule has 0 saturated carbocycles. The van der Waals surface area contributed by atoms with Crippen molar-refractivity contribution in [3.05, 3.63) is 0 Å². The predicted molar refractivity (Wildman–Crippen MR) is 72.1 cm³/mol. The minimum Gasteiger partial charge on any atom is -0.352 e. The zero-order valence-corrected chi connectivity index (χ0v) is 11.9. The van der Waals surface area contributed by atoms with Gasteiger partial charge in [0.15, 0.2) is 6.29 Å². The molecule has 0 aromatic heterocycles. The second kappa shape index (κ2) is 8.93. The Labute approximate surface area is 107 Å². The highest BCUT2D eigenvalue weighted by Crippen LogP contribution is 2.27. The van der Waals surface area contributed by atoms with E-state index in [2.05, 4.69) is 20.8 Å². The highest BCUT2D eigenvalue weighted by molar-refractivity contribution is 4.73. The Morgan fingerprint density at radius 1 is 0.941 bits per heavy atom. The van der Waals surface area contributed by atoms with Crippen LogP contribution in [0.5, 0.6) is 0 Å². The maximum atomic E-state index is 6.09. The lowest BCUT2D eigenvalue weighted by Gasteiger charge is -2.36. The molecule has 102 valence electrons. The van der Waals surface area contributed by atoms with Crippen LogP contribution in [0.15, 0.2) is 0 Å². The minimum atomic E-state index is 0.0752. The van der Waals surface area contributed by atoms with E-state index in [1.807, 2.05) is 0 Å². The fourth-order valence-electron chi connectivity index (χ4n) is 2.54. The summed E-state index contributed by atoms with van der Waals surface area (Å²) in [5.41, 5.74) is 0. The molecule has 0 radical (unpaired) electrons. The summed E-state index contributed by atoms with van der Waals surface area (Å²) in [6.45, 7) is 7.62. The van der Waals surface area contributed by atoms with E-state index in [1.54, 1.807) is 0 Å². The monoisotopic (exact) mass is 242 g/mol. The van der Waals surface area contributed by atoms with Crippen molar-refractivity contribution < 1.29 is 9.47 Å². The lowest BCUT2D eigenvalue weighted by Crippen LogP contribution is -2.39. The first-order chi connectivity index (χ1) is 8.31. The normalized spacial score (nSPS) is 29.5. The van der Waals surface area contributed by atoms with Gasteiger partial charge in [-0.3, -0.25) is 0 Å². The summed E-state index contributed by atoms with van der Waals surface area (Å²) >= 11 is 0. The highest BCUT2D eigenvalue weighted by Gasteiger charge is 2.29. The molecule has 0 bridgehead atoms. The Morgan fingerprint density at radius 2 is 1.76 bits per heavy atom. The van der Waals surface area contributed by atoms with Crippen LogP contribution < -0.4 is 0 Å². The first-order valence-corrected chi connectivity index (χ1v) is 7.58. The van der Waals surface area contributed by atoms with Gasteiger partial charge >= 0.3 is 0 Å². The van der Waals surface area contributed by atoms with Gasteiger partial charge in [0, 0.05) is 5.92 Å². The zero-order chi connectivity index (χ0) is 12.5. The van der Waals surface area contributed by atoms with Crippen molar-refractivity contribution in [1.82, 2.24) is 0 Å². The molecule has 1 saturated heterocycles. The average Bonchev–Trinajstić information content (AvgIpc) is 2.35. The van der Waals surface area contributed by atoms with E-state index in [4.69, 9.17) is 9.47 Å². The molecule has 3 atom stereocenters. The Bertz CT molecular complexity index is 182. The van der Waals surface area contributed by atoms with Gasteiger partial charge in [-0.05, 0) is 25.7 Å². The van der Waals surface area contributed by atoms with Crippen LogP contribution in [-0.2, 0) is 9.47 Å². The number of hydrogen-bond acceptors (Lipinski definition) is 2. The Morgan fingerprint density at radius 3 is 2.41 bits per heavy atom. The van der Waals surface area contributed by atoms with E-state index in [0.717, 1.165) is 13.0 Å². The molecule has 0 N–H and O–H groups in total. The summed E-state index contributed by atoms with van der Waals surface area (Å²) in [6.07, 6.45) is 10.4. The van der Waals surface area contributed by atoms with E-state index in [9.17, 15) is 0 Å². The van der Waals surface area contributed by atoms with E-state index in [0.29, 0.717) is 12.0 Å². The molecule has 2 nitrogen and oxygen atoms in total. The molecular formula is C15H30O2. The molecule has 2 heteroatoms. The lowest BCUT2D eigenvalue weighted by atomic mass is 9.95. The number of ether oxygens (including phenoxy) is 2. The van der Waals surface area contributed by atoms with Crippen molar-refractivity contribution in [2.45, 2.75) is 84.5 Å². The van der Waals surface area contributed by atoms with Gasteiger partial charge in [-0.2, -0.15) is 0 Å². The third-order valence-electron chi connectivity index (χ3n) is 3.74. The number of hydrogen-bond donors (Lipinski definition) is 0. The van der Waals surface area contributed by atoms with Crippen LogP contribution in [-0.4, -0.2) is 19.0 Å². The standard InChI is InChI=1S/C15H30O2/c1-4-7-8-9-11-15-16-12-13(6-3)14(17-15)10-5-2/h13-15H,4-12H2,1-3H3/t13-,14+,15+/m1/s1. The molecule has 1 aliphatic heterocycles. The number of unbranched alkanes of at least 4 members (excludes halogenated alkanes) is 3. The third kappa shape index (κ3) is 5.39. The summed E-state index contributed by atoms with van der Waals surface area (Å²) in [4.78, 5) is 0. The van der Waals surface area contributed by atoms with Gasteiger partial charge in [0.1, 0.15) is 0 Å². The molecule has 1 aliphatic rings. The molecular weight excluding hydrogens is 212 g/mol. The van der Waals surface area contributed by atoms with Gasteiger partial charge in [0.25, 0.3) is 0 Å². The maximum absolute atomic E-state index is 6.09. The molecule has 0 aromatic rings. The summed E-state index contributed by atoms with van der Waals surface area (Å²) in [7, 11) is 0. The van der Waals surface area contributed by atoms with Crippen LogP contribution in [0.2, 0.25) is 0 Å². The molecule has 1 rings (SSSR count). The molecule has 0 unspecified atom stereocenters. The van der Waals surface area contributed by atoms with E-state index in [-0.39, 0.29) is 6.29 Å². The third-order valence-corrected chi connectivity index (χ3v) is 3.74. The smallest absolute Gasteiger partial charge is 0.157 e. The summed E-state index contributed by atoms with van der Waals surface area (Å²) < 4.78 is 11.9. The van der Waals surface area contributed by atoms with Crippen molar-refractivity contribution in [1.29, 1.82) is 0 Å². The van der Waals surface area contributed by atoms with Gasteiger partial charge in [-0.25, -0.2) is 0 Å². The Hall–Kier alpha value is -0.0800. The molecule has 0 aromatic carbocycles. The van der Waals surface area contributed by atoms with Crippen LogP contribution in [0.1, 0.15) is 72.1 Å². The molecule has 0 spiro atoms. The van der Waals surface area contributed by atoms with Crippen molar-refractivity contribution in [3.63, 3.8) is 0 Å². The summed E-state index contributed by atoms with van der Waals surface area (Å²) in [6, 6.07) is 0. The Kier molecular flexibility index (Phi) is 7.87. The van der Waals surface area contributed by atoms with Crippen molar-refractivity contribution >= 4 is 0 Å². The SMILES string of the molecule is CCCCCC[C@H]1OC[C@@H](CC)[C@H](CCC)O1. The minimum absolute atomic E-state index is 0.0752. The van der Waals surface area contributed by atoms with Crippen LogP contribution in [0.25, 0.3) is 0 Å². The predicted octanol–water partition coefficient (Wildman–Crippen LogP) is 4.52. The van der Waals surface area contributed by atoms with Crippen molar-refractivity contribution in [3.8, 4) is 0 Å². The van der Waals surface area contributed by atoms with Gasteiger partial charge in [0.2, 0.25) is 0 Å². The van der Waals surface area contributed by atoms with E-state index < -0.39 is 0 Å². The molecule has 1 fully saturated rings. The van der Waals surface area contributed by atoms with E-state index in [1.165, 1.54) is 44.9 Å². The van der Waals surface area contributed by atoms with Gasteiger partial charge in [0.05, 0.1) is 12.7 Å². The van der Waals surface area contributed by atoms with E-state index >= 15 is 0 Å². The van der Waals surface area contributed by atoms with Gasteiger partial charge in [-0.1, -0.05) is 46.5 Å². The summed E-state index contributed by atoms with van der Waals surface area (Å²) in [5.74, 6) is 0.613. The fourth-order valence-corrected chi connectivity index (χ4v) is 2.54. The number of rotatable bonds is 8. The van der Waals surface area contributed by atoms with Crippen LogP contribution >= 0.6 is 0 Å². The molecule has 1 heterocycles. The van der Waals surface area contributed by atoms with Gasteiger partial charge in [-0.15, -0.1) is 0 Å². The van der Waals surface area contributed by atoms with Crippen LogP contribution in [0.4, 0.5) is 0 Å². The average molecular weight is 242 g/mol. The molecule has 17 heavy (non-hydrogen) atoms. The lowest BCUT2D eigenvalue weighted by molar-refractivity contribution is -0.240. The zero-order valence-electron chi connectivity index (χ0n) is 11.9. The quantitative estimate of drug-likeness (QED) is 0.582. The second-order valence-electron chi connectivity index (χ2n) is 5.24. The fraction of sp³-hybridized carbons (Fsp3) is 1.00. The molecule has 0 amide bonds. The van der Waals surface area contributed by atoms with Gasteiger partial charge < -0.3 is 9.47 Å². The van der Waals surface area contributed by atoms with Crippen LogP contribution in [0, 0.1) is 5.92 Å². The second-order valence-corrected chi connectivity index (χ2v) is 5.24. The maximum Gasteiger partial charge on any atom is 0.157 e. The highest BCUT2D eigenvalue weighted by atomic mass is 16.7. The first-order valence-electron chi connectivity index (χ1n) is 7.58. The largest absolute Gasteiger partial charge is 0.352 e. The molecule has 0 aliphatic carbocycles. The topological polar surface area (TPSA) is 18.5 Å². The van der Waals surface area contributed by atoms with Crippen molar-refractivity contribution in [2.24, 2.45) is 5.92 Å². The summed E-state index contributed by atoms with van der Waals surface area (Å²) in [5, 5.41) is 0.